The lowest BCUT2D eigenvalue weighted by Gasteiger charge is -2.05. The van der Waals surface area contributed by atoms with Crippen molar-refractivity contribution in [2.75, 3.05) is 0 Å². The lowest BCUT2D eigenvalue weighted by molar-refractivity contribution is 0.372. The Kier molecular flexibility index (Phi) is 3.58. The molecule has 2 heterocycles. The van der Waals surface area contributed by atoms with E-state index in [1.165, 1.54) is 5.56 Å². The van der Waals surface area contributed by atoms with E-state index in [0.717, 1.165) is 18.0 Å². The van der Waals surface area contributed by atoms with Crippen molar-refractivity contribution in [1.82, 2.24) is 20.3 Å². The van der Waals surface area contributed by atoms with Gasteiger partial charge in [-0.25, -0.2) is 0 Å². The van der Waals surface area contributed by atoms with Crippen molar-refractivity contribution in [2.45, 2.75) is 32.9 Å². The molecular weight excluding hydrogens is 216 g/mol. The van der Waals surface area contributed by atoms with Crippen LogP contribution in [-0.2, 0) is 20.1 Å². The molecule has 2 aromatic rings. The summed E-state index contributed by atoms with van der Waals surface area (Å²) >= 11 is 0. The number of aromatic nitrogens is 3. The molecule has 17 heavy (non-hydrogen) atoms. The smallest absolute Gasteiger partial charge is 0.150 e. The van der Waals surface area contributed by atoms with Crippen LogP contribution < -0.4 is 5.32 Å². The van der Waals surface area contributed by atoms with Gasteiger partial charge >= 0.3 is 0 Å². The van der Waals surface area contributed by atoms with Gasteiger partial charge in [0.05, 0.1) is 18.4 Å². The van der Waals surface area contributed by atoms with Crippen LogP contribution in [0.15, 0.2) is 23.0 Å². The van der Waals surface area contributed by atoms with Crippen molar-refractivity contribution in [1.29, 1.82) is 0 Å². The molecule has 0 spiro atoms. The van der Waals surface area contributed by atoms with Crippen molar-refractivity contribution in [3.05, 3.63) is 35.5 Å². The Morgan fingerprint density at radius 1 is 1.41 bits per heavy atom. The summed E-state index contributed by atoms with van der Waals surface area (Å²) in [6.07, 6.45) is 3.71. The Balaban J connectivity index is 1.94. The van der Waals surface area contributed by atoms with Gasteiger partial charge in [0.2, 0.25) is 0 Å². The number of hydrogen-bond donors (Lipinski definition) is 1. The van der Waals surface area contributed by atoms with Crippen molar-refractivity contribution in [2.24, 2.45) is 7.05 Å². The van der Waals surface area contributed by atoms with Crippen molar-refractivity contribution in [3.63, 3.8) is 0 Å². The molecule has 0 radical (unpaired) electrons. The minimum Gasteiger partial charge on any atom is -0.360 e. The van der Waals surface area contributed by atoms with Crippen LogP contribution in [0, 0.1) is 0 Å². The molecule has 5 heteroatoms. The van der Waals surface area contributed by atoms with Gasteiger partial charge in [0.15, 0.2) is 0 Å². The third kappa shape index (κ3) is 2.94. The van der Waals surface area contributed by atoms with E-state index in [1.807, 2.05) is 17.8 Å². The van der Waals surface area contributed by atoms with E-state index >= 15 is 0 Å². The largest absolute Gasteiger partial charge is 0.360 e. The molecule has 0 aliphatic carbocycles. The molecule has 2 aromatic heterocycles. The zero-order valence-corrected chi connectivity index (χ0v) is 10.5. The summed E-state index contributed by atoms with van der Waals surface area (Å²) in [4.78, 5) is 0. The summed E-state index contributed by atoms with van der Waals surface area (Å²) in [5.74, 6) is 1.29. The summed E-state index contributed by atoms with van der Waals surface area (Å²) in [7, 11) is 1.95. The molecular formula is C12H18N4O. The lowest BCUT2D eigenvalue weighted by Crippen LogP contribution is -2.13. The zero-order chi connectivity index (χ0) is 12.3. The number of hydrogen-bond acceptors (Lipinski definition) is 4. The van der Waals surface area contributed by atoms with Crippen LogP contribution in [0.3, 0.4) is 0 Å². The SMILES string of the molecule is CC(C)c1nn(C)cc1CNCc1ccno1. The van der Waals surface area contributed by atoms with Crippen molar-refractivity contribution >= 4 is 0 Å². The molecule has 0 atom stereocenters. The molecule has 2 rings (SSSR count). The second kappa shape index (κ2) is 5.14. The maximum atomic E-state index is 5.02. The lowest BCUT2D eigenvalue weighted by atomic mass is 10.1. The van der Waals surface area contributed by atoms with Crippen LogP contribution >= 0.6 is 0 Å². The summed E-state index contributed by atoms with van der Waals surface area (Å²) < 4.78 is 6.88. The summed E-state index contributed by atoms with van der Waals surface area (Å²) in [5.41, 5.74) is 2.39. The fourth-order valence-electron chi connectivity index (χ4n) is 1.83. The highest BCUT2D eigenvalue weighted by molar-refractivity contribution is 5.20. The maximum absolute atomic E-state index is 5.02. The normalized spacial score (nSPS) is 11.3. The molecule has 0 amide bonds. The molecule has 1 N–H and O–H groups in total. The van der Waals surface area contributed by atoms with Gasteiger partial charge in [-0.15, -0.1) is 0 Å². The molecule has 0 unspecified atom stereocenters. The second-order valence-electron chi connectivity index (χ2n) is 4.45. The second-order valence-corrected chi connectivity index (χ2v) is 4.45. The Labute approximate surface area is 101 Å². The number of rotatable bonds is 5. The average Bonchev–Trinajstić information content (AvgIpc) is 2.88. The van der Waals surface area contributed by atoms with E-state index in [4.69, 9.17) is 4.52 Å². The van der Waals surface area contributed by atoms with Crippen LogP contribution in [0.5, 0.6) is 0 Å². The topological polar surface area (TPSA) is 55.9 Å². The summed E-state index contributed by atoms with van der Waals surface area (Å²) in [5, 5.41) is 11.5. The maximum Gasteiger partial charge on any atom is 0.150 e. The van der Waals surface area contributed by atoms with Gasteiger partial charge in [-0.2, -0.15) is 5.10 Å². The van der Waals surface area contributed by atoms with E-state index in [-0.39, 0.29) is 0 Å². The Hall–Kier alpha value is -1.62. The van der Waals surface area contributed by atoms with Gasteiger partial charge in [-0.3, -0.25) is 4.68 Å². The minimum atomic E-state index is 0.443. The highest BCUT2D eigenvalue weighted by atomic mass is 16.5. The van der Waals surface area contributed by atoms with Gasteiger partial charge < -0.3 is 9.84 Å². The molecule has 0 bridgehead atoms. The van der Waals surface area contributed by atoms with Gasteiger partial charge in [0.1, 0.15) is 5.76 Å². The van der Waals surface area contributed by atoms with E-state index < -0.39 is 0 Å². The van der Waals surface area contributed by atoms with Crippen LogP contribution in [0.2, 0.25) is 0 Å². The molecule has 0 aliphatic heterocycles. The van der Waals surface area contributed by atoms with Gasteiger partial charge in [-0.1, -0.05) is 19.0 Å². The summed E-state index contributed by atoms with van der Waals surface area (Å²) in [6.45, 7) is 5.79. The first kappa shape index (κ1) is 11.9. The molecule has 0 aliphatic rings. The fourth-order valence-corrected chi connectivity index (χ4v) is 1.83. The molecule has 0 fully saturated rings. The molecule has 0 saturated heterocycles. The van der Waals surface area contributed by atoms with Crippen LogP contribution in [-0.4, -0.2) is 14.9 Å². The van der Waals surface area contributed by atoms with Gasteiger partial charge in [0.25, 0.3) is 0 Å². The highest BCUT2D eigenvalue weighted by Gasteiger charge is 2.10. The Morgan fingerprint density at radius 3 is 2.88 bits per heavy atom. The van der Waals surface area contributed by atoms with E-state index in [2.05, 4.69) is 35.6 Å². The van der Waals surface area contributed by atoms with E-state index in [9.17, 15) is 0 Å². The van der Waals surface area contributed by atoms with Crippen LogP contribution in [0.4, 0.5) is 0 Å². The monoisotopic (exact) mass is 234 g/mol. The third-order valence-electron chi connectivity index (χ3n) is 2.59. The predicted molar refractivity (Wildman–Crippen MR) is 64.3 cm³/mol. The van der Waals surface area contributed by atoms with Crippen LogP contribution in [0.25, 0.3) is 0 Å². The first-order valence-electron chi connectivity index (χ1n) is 5.79. The molecule has 0 aromatic carbocycles. The molecule has 92 valence electrons. The van der Waals surface area contributed by atoms with Crippen molar-refractivity contribution in [3.8, 4) is 0 Å². The third-order valence-corrected chi connectivity index (χ3v) is 2.59. The first-order chi connectivity index (χ1) is 8.16. The Morgan fingerprint density at radius 2 is 2.24 bits per heavy atom. The molecule has 0 saturated carbocycles. The summed E-state index contributed by atoms with van der Waals surface area (Å²) in [6, 6.07) is 1.86. The zero-order valence-electron chi connectivity index (χ0n) is 10.5. The van der Waals surface area contributed by atoms with Crippen molar-refractivity contribution < 1.29 is 4.52 Å². The quantitative estimate of drug-likeness (QED) is 0.857. The van der Waals surface area contributed by atoms with Gasteiger partial charge in [0, 0.05) is 31.4 Å². The molecule has 5 nitrogen and oxygen atoms in total. The number of nitrogens with one attached hydrogen (secondary N) is 1. The fraction of sp³-hybridized carbons (Fsp3) is 0.500. The number of nitrogens with zero attached hydrogens (tertiary/aromatic N) is 3. The first-order valence-corrected chi connectivity index (χ1v) is 5.79. The van der Waals surface area contributed by atoms with E-state index in [1.54, 1.807) is 6.20 Å². The number of aryl methyl sites for hydroxylation is 1. The predicted octanol–water partition coefficient (Wildman–Crippen LogP) is 1.82. The Bertz CT molecular complexity index is 459. The van der Waals surface area contributed by atoms with Crippen LogP contribution in [0.1, 0.15) is 36.8 Å². The highest BCUT2D eigenvalue weighted by Crippen LogP contribution is 2.16. The minimum absolute atomic E-state index is 0.443. The van der Waals surface area contributed by atoms with E-state index in [0.29, 0.717) is 12.5 Å². The standard InChI is InChI=1S/C12H18N4O/c1-9(2)12-10(8-16(3)15-12)6-13-7-11-4-5-14-17-11/h4-5,8-9,13H,6-7H2,1-3H3. The average molecular weight is 234 g/mol. The van der Waals surface area contributed by atoms with Gasteiger partial charge in [-0.05, 0) is 5.92 Å².